The second kappa shape index (κ2) is 10.5. The van der Waals surface area contributed by atoms with Gasteiger partial charge in [0.25, 0.3) is 0 Å². The lowest BCUT2D eigenvalue weighted by molar-refractivity contribution is -0.226. The number of alkyl halides is 3. The van der Waals surface area contributed by atoms with Crippen LogP contribution in [0.15, 0.2) is 61.2 Å². The predicted octanol–water partition coefficient (Wildman–Crippen LogP) is 6.94. The van der Waals surface area contributed by atoms with E-state index in [0.29, 0.717) is 28.5 Å². The number of aliphatic hydroxyl groups excluding tert-OH is 1. The highest BCUT2D eigenvalue weighted by Crippen LogP contribution is 2.48. The molecule has 3 nitrogen and oxygen atoms in total. The second-order valence-electron chi connectivity index (χ2n) is 8.32. The highest BCUT2D eigenvalue weighted by atomic mass is 35.5. The number of rotatable bonds is 7. The fourth-order valence-corrected chi connectivity index (χ4v) is 5.07. The molecule has 0 saturated carbocycles. The van der Waals surface area contributed by atoms with Crippen molar-refractivity contribution in [1.82, 2.24) is 4.90 Å². The van der Waals surface area contributed by atoms with Gasteiger partial charge in [-0.05, 0) is 54.7 Å². The number of hydrogen-bond donors (Lipinski definition) is 1. The van der Waals surface area contributed by atoms with Gasteiger partial charge in [-0.25, -0.2) is 0 Å². The van der Waals surface area contributed by atoms with Gasteiger partial charge < -0.3 is 10.0 Å². The van der Waals surface area contributed by atoms with Crippen LogP contribution in [0, 0.1) is 5.92 Å². The van der Waals surface area contributed by atoms with Crippen molar-refractivity contribution < 1.29 is 23.1 Å². The third-order valence-electron chi connectivity index (χ3n) is 6.24. The first-order valence-electron chi connectivity index (χ1n) is 10.8. The summed E-state index contributed by atoms with van der Waals surface area (Å²) in [4.78, 5) is 14.8. The molecule has 1 heterocycles. The SMILES string of the molecule is C=CC[C@H]1CC(c2cccc(Cl)c2)C(c2ccc(Cl)cc2)N(C(CC)C(O)C(F)(F)F)C1=O. The van der Waals surface area contributed by atoms with Crippen LogP contribution in [0.25, 0.3) is 0 Å². The van der Waals surface area contributed by atoms with Gasteiger partial charge in [-0.1, -0.05) is 60.5 Å². The van der Waals surface area contributed by atoms with Crippen LogP contribution in [0.3, 0.4) is 0 Å². The van der Waals surface area contributed by atoms with Gasteiger partial charge in [-0.2, -0.15) is 13.2 Å². The Morgan fingerprint density at radius 3 is 2.36 bits per heavy atom. The molecule has 1 fully saturated rings. The summed E-state index contributed by atoms with van der Waals surface area (Å²) in [5, 5.41) is 11.2. The van der Waals surface area contributed by atoms with Crippen LogP contribution < -0.4 is 0 Å². The van der Waals surface area contributed by atoms with E-state index in [4.69, 9.17) is 23.2 Å². The van der Waals surface area contributed by atoms with E-state index in [9.17, 15) is 23.1 Å². The molecule has 1 aliphatic heterocycles. The molecule has 33 heavy (non-hydrogen) atoms. The van der Waals surface area contributed by atoms with Gasteiger partial charge in [0, 0.05) is 21.9 Å². The summed E-state index contributed by atoms with van der Waals surface area (Å²) in [5.74, 6) is -1.34. The van der Waals surface area contributed by atoms with Crippen LogP contribution in [-0.4, -0.2) is 34.2 Å². The molecule has 8 heteroatoms. The lowest BCUT2D eigenvalue weighted by Gasteiger charge is -2.49. The van der Waals surface area contributed by atoms with Crippen LogP contribution in [0.5, 0.6) is 0 Å². The van der Waals surface area contributed by atoms with Crippen molar-refractivity contribution in [2.24, 2.45) is 5.92 Å². The summed E-state index contributed by atoms with van der Waals surface area (Å²) in [7, 11) is 0. The monoisotopic (exact) mass is 499 g/mol. The normalized spacial score (nSPS) is 23.3. The average Bonchev–Trinajstić information content (AvgIpc) is 2.76. The maximum atomic E-state index is 13.6. The van der Waals surface area contributed by atoms with Crippen molar-refractivity contribution in [3.8, 4) is 0 Å². The Hall–Kier alpha value is -2.02. The van der Waals surface area contributed by atoms with Crippen molar-refractivity contribution in [2.75, 3.05) is 0 Å². The highest BCUT2D eigenvalue weighted by molar-refractivity contribution is 6.30. The van der Waals surface area contributed by atoms with Crippen molar-refractivity contribution in [3.05, 3.63) is 82.4 Å². The molecule has 2 aromatic rings. The number of carbonyl (C=O) groups is 1. The minimum Gasteiger partial charge on any atom is -0.382 e. The minimum atomic E-state index is -4.87. The largest absolute Gasteiger partial charge is 0.416 e. The Balaban J connectivity index is 2.22. The summed E-state index contributed by atoms with van der Waals surface area (Å²) >= 11 is 12.3. The van der Waals surface area contributed by atoms with E-state index >= 15 is 0 Å². The molecule has 1 saturated heterocycles. The topological polar surface area (TPSA) is 40.5 Å². The first-order valence-corrected chi connectivity index (χ1v) is 11.5. The van der Waals surface area contributed by atoms with Crippen molar-refractivity contribution >= 4 is 29.1 Å². The maximum Gasteiger partial charge on any atom is 0.416 e. The zero-order valence-corrected chi connectivity index (χ0v) is 19.6. The summed E-state index contributed by atoms with van der Waals surface area (Å²) < 4.78 is 40.9. The number of hydrogen-bond acceptors (Lipinski definition) is 2. The molecule has 0 bridgehead atoms. The molecule has 0 spiro atoms. The lowest BCUT2D eigenvalue weighted by Crippen LogP contribution is -2.57. The number of benzene rings is 2. The standard InChI is InChI=1S/C25H26Cl2F3NO2/c1-3-6-17-14-20(16-7-5-8-19(27)13-16)22(15-9-11-18(26)12-10-15)31(24(17)33)21(4-2)23(32)25(28,29)30/h3,5,7-13,17,20-23,32H,1,4,6,14H2,2H3/t17-,20?,21?,22?,23?/m0/s1. The first kappa shape index (κ1) is 25.6. The summed E-state index contributed by atoms with van der Waals surface area (Å²) in [5.41, 5.74) is 1.45. The molecule has 3 rings (SSSR count). The molecule has 5 atom stereocenters. The molecular weight excluding hydrogens is 474 g/mol. The summed E-state index contributed by atoms with van der Waals surface area (Å²) in [6, 6.07) is 11.7. The van der Waals surface area contributed by atoms with E-state index < -0.39 is 36.2 Å². The van der Waals surface area contributed by atoms with Gasteiger partial charge in [0.1, 0.15) is 0 Å². The number of halogens is 5. The quantitative estimate of drug-likeness (QED) is 0.419. The van der Waals surface area contributed by atoms with E-state index in [1.807, 2.05) is 6.07 Å². The fourth-order valence-electron chi connectivity index (χ4n) is 4.74. The second-order valence-corrected chi connectivity index (χ2v) is 9.20. The Labute approximate surface area is 201 Å². The van der Waals surface area contributed by atoms with Crippen LogP contribution >= 0.6 is 23.2 Å². The maximum absolute atomic E-state index is 13.6. The highest BCUT2D eigenvalue weighted by Gasteiger charge is 2.52. The summed E-state index contributed by atoms with van der Waals surface area (Å²) in [6.07, 6.45) is -5.29. The van der Waals surface area contributed by atoms with Crippen LogP contribution in [0.1, 0.15) is 49.3 Å². The molecule has 4 unspecified atom stereocenters. The molecule has 1 N–H and O–H groups in total. The van der Waals surface area contributed by atoms with Gasteiger partial charge >= 0.3 is 6.18 Å². The smallest absolute Gasteiger partial charge is 0.382 e. The number of allylic oxidation sites excluding steroid dienone is 1. The Morgan fingerprint density at radius 1 is 1.15 bits per heavy atom. The van der Waals surface area contributed by atoms with E-state index in [2.05, 4.69) is 6.58 Å². The first-order chi connectivity index (χ1) is 15.6. The summed E-state index contributed by atoms with van der Waals surface area (Å²) in [6.45, 7) is 5.26. The number of likely N-dealkylation sites (tertiary alicyclic amines) is 1. The average molecular weight is 500 g/mol. The van der Waals surface area contributed by atoms with E-state index in [1.165, 1.54) is 11.8 Å². The Kier molecular flexibility index (Phi) is 8.14. The van der Waals surface area contributed by atoms with Crippen molar-refractivity contribution in [2.45, 2.75) is 56.5 Å². The van der Waals surface area contributed by atoms with Gasteiger partial charge in [0.05, 0.1) is 12.1 Å². The molecule has 0 aliphatic carbocycles. The molecule has 178 valence electrons. The van der Waals surface area contributed by atoms with Gasteiger partial charge in [-0.3, -0.25) is 4.79 Å². The third kappa shape index (κ3) is 5.56. The van der Waals surface area contributed by atoms with Crippen molar-refractivity contribution in [3.63, 3.8) is 0 Å². The van der Waals surface area contributed by atoms with Gasteiger partial charge in [0.2, 0.25) is 5.91 Å². The van der Waals surface area contributed by atoms with E-state index in [-0.39, 0.29) is 12.3 Å². The van der Waals surface area contributed by atoms with E-state index in [1.54, 1.807) is 48.5 Å². The van der Waals surface area contributed by atoms with Crippen LogP contribution in [-0.2, 0) is 4.79 Å². The number of piperidine rings is 1. The number of carbonyl (C=O) groups excluding carboxylic acids is 1. The molecule has 1 aliphatic rings. The van der Waals surface area contributed by atoms with Gasteiger partial charge in [-0.15, -0.1) is 6.58 Å². The van der Waals surface area contributed by atoms with Crippen LogP contribution in [0.4, 0.5) is 13.2 Å². The lowest BCUT2D eigenvalue weighted by atomic mass is 9.74. The molecule has 2 aromatic carbocycles. The Morgan fingerprint density at radius 2 is 1.82 bits per heavy atom. The molecular formula is C25H26Cl2F3NO2. The third-order valence-corrected chi connectivity index (χ3v) is 6.73. The van der Waals surface area contributed by atoms with Gasteiger partial charge in [0.15, 0.2) is 6.10 Å². The zero-order chi connectivity index (χ0) is 24.3. The fraction of sp³-hybridized carbons (Fsp3) is 0.400. The zero-order valence-electron chi connectivity index (χ0n) is 18.1. The minimum absolute atomic E-state index is 0.0699. The number of nitrogens with zero attached hydrogens (tertiary/aromatic N) is 1. The van der Waals surface area contributed by atoms with E-state index in [0.717, 1.165) is 5.56 Å². The Bertz CT molecular complexity index is 980. The number of amides is 1. The molecule has 1 amide bonds. The molecule has 0 aromatic heterocycles. The molecule has 0 radical (unpaired) electrons. The van der Waals surface area contributed by atoms with Crippen molar-refractivity contribution in [1.29, 1.82) is 0 Å². The predicted molar refractivity (Wildman–Crippen MR) is 124 cm³/mol. The number of aliphatic hydroxyl groups is 1. The van der Waals surface area contributed by atoms with Crippen LogP contribution in [0.2, 0.25) is 10.0 Å².